The highest BCUT2D eigenvalue weighted by Crippen LogP contribution is 2.18. The van der Waals surface area contributed by atoms with Crippen LogP contribution in [0.4, 0.5) is 8.78 Å². The van der Waals surface area contributed by atoms with Gasteiger partial charge in [-0.15, -0.1) is 0 Å². The van der Waals surface area contributed by atoms with Crippen molar-refractivity contribution in [2.75, 3.05) is 6.54 Å². The highest BCUT2D eigenvalue weighted by Gasteiger charge is 2.26. The zero-order valence-electron chi connectivity index (χ0n) is 10.5. The number of hydrogen-bond acceptors (Lipinski definition) is 3. The Bertz CT molecular complexity index is 563. The first-order valence-electron chi connectivity index (χ1n) is 6.09. The van der Waals surface area contributed by atoms with Crippen molar-refractivity contribution in [3.63, 3.8) is 0 Å². The smallest absolute Gasteiger partial charge is 0.243 e. The third kappa shape index (κ3) is 3.49. The summed E-state index contributed by atoms with van der Waals surface area (Å²) >= 11 is 0. The molecule has 1 aromatic carbocycles. The number of piperidine rings is 1. The molecule has 2 N–H and O–H groups in total. The molecule has 106 valence electrons. The maximum atomic E-state index is 13.5. The van der Waals surface area contributed by atoms with Crippen LogP contribution in [0.25, 0.3) is 0 Å². The molecule has 1 fully saturated rings. The van der Waals surface area contributed by atoms with E-state index in [-0.39, 0.29) is 12.1 Å². The normalized spacial score (nSPS) is 24.4. The molecule has 1 aromatic rings. The van der Waals surface area contributed by atoms with Gasteiger partial charge in [0.25, 0.3) is 0 Å². The Morgan fingerprint density at radius 2 is 2.11 bits per heavy atom. The average molecular weight is 290 g/mol. The first-order chi connectivity index (χ1) is 8.88. The molecule has 2 unspecified atom stereocenters. The summed E-state index contributed by atoms with van der Waals surface area (Å²) in [5, 5.41) is 3.20. The molecule has 0 radical (unpaired) electrons. The monoisotopic (exact) mass is 290 g/mol. The quantitative estimate of drug-likeness (QED) is 0.884. The first-order valence-corrected chi connectivity index (χ1v) is 7.57. The lowest BCUT2D eigenvalue weighted by Crippen LogP contribution is -2.46. The molecule has 1 saturated heterocycles. The molecule has 7 heteroatoms. The fraction of sp³-hybridized carbons (Fsp3) is 0.500. The Labute approximate surface area is 111 Å². The Hall–Kier alpha value is -1.05. The van der Waals surface area contributed by atoms with Crippen molar-refractivity contribution < 1.29 is 17.2 Å². The molecule has 0 amide bonds. The van der Waals surface area contributed by atoms with Gasteiger partial charge in [0.2, 0.25) is 10.0 Å². The standard InChI is InChI=1S/C12H16F2N2O2S/c1-8-6-10(4-5-15-8)16-19(17,18)12-3-2-9(13)7-11(12)14/h2-3,7-8,10,15-16H,4-6H2,1H3. The molecule has 1 aliphatic rings. The molecular weight excluding hydrogens is 274 g/mol. The van der Waals surface area contributed by atoms with E-state index in [0.29, 0.717) is 25.5 Å². The molecule has 2 rings (SSSR count). The van der Waals surface area contributed by atoms with E-state index in [1.54, 1.807) is 0 Å². The van der Waals surface area contributed by atoms with Crippen LogP contribution < -0.4 is 10.0 Å². The van der Waals surface area contributed by atoms with Crippen LogP contribution in [-0.2, 0) is 10.0 Å². The van der Waals surface area contributed by atoms with Gasteiger partial charge >= 0.3 is 0 Å². The number of benzene rings is 1. The molecule has 1 aliphatic heterocycles. The van der Waals surface area contributed by atoms with Crippen LogP contribution in [-0.4, -0.2) is 27.0 Å². The van der Waals surface area contributed by atoms with E-state index in [1.165, 1.54) is 0 Å². The summed E-state index contributed by atoms with van der Waals surface area (Å²) in [5.74, 6) is -1.87. The predicted octanol–water partition coefficient (Wildman–Crippen LogP) is 1.38. The summed E-state index contributed by atoms with van der Waals surface area (Å²) in [6.07, 6.45) is 1.29. The van der Waals surface area contributed by atoms with Crippen molar-refractivity contribution in [2.24, 2.45) is 0 Å². The summed E-state index contributed by atoms with van der Waals surface area (Å²) in [7, 11) is -3.95. The van der Waals surface area contributed by atoms with Gasteiger partial charge in [-0.2, -0.15) is 0 Å². The van der Waals surface area contributed by atoms with Crippen molar-refractivity contribution in [3.05, 3.63) is 29.8 Å². The van der Waals surface area contributed by atoms with Crippen LogP contribution in [0.5, 0.6) is 0 Å². The minimum absolute atomic E-state index is 0.208. The molecule has 0 spiro atoms. The minimum atomic E-state index is -3.95. The summed E-state index contributed by atoms with van der Waals surface area (Å²) in [6, 6.07) is 2.42. The van der Waals surface area contributed by atoms with E-state index in [9.17, 15) is 17.2 Å². The van der Waals surface area contributed by atoms with Gasteiger partial charge in [0.15, 0.2) is 0 Å². The SMILES string of the molecule is CC1CC(NS(=O)(=O)c2ccc(F)cc2F)CCN1. The van der Waals surface area contributed by atoms with E-state index < -0.39 is 26.6 Å². The maximum Gasteiger partial charge on any atom is 0.243 e. The van der Waals surface area contributed by atoms with Crippen LogP contribution in [0.2, 0.25) is 0 Å². The van der Waals surface area contributed by atoms with Gasteiger partial charge in [-0.1, -0.05) is 0 Å². The minimum Gasteiger partial charge on any atom is -0.314 e. The topological polar surface area (TPSA) is 58.2 Å². The van der Waals surface area contributed by atoms with E-state index in [1.807, 2.05) is 6.92 Å². The molecule has 0 bridgehead atoms. The van der Waals surface area contributed by atoms with Crippen LogP contribution in [0.3, 0.4) is 0 Å². The largest absolute Gasteiger partial charge is 0.314 e. The van der Waals surface area contributed by atoms with E-state index in [0.717, 1.165) is 12.1 Å². The lowest BCUT2D eigenvalue weighted by molar-refractivity contribution is 0.361. The van der Waals surface area contributed by atoms with Gasteiger partial charge < -0.3 is 5.32 Å². The summed E-state index contributed by atoms with van der Waals surface area (Å²) in [5.41, 5.74) is 0. The van der Waals surface area contributed by atoms with Crippen molar-refractivity contribution >= 4 is 10.0 Å². The number of hydrogen-bond donors (Lipinski definition) is 2. The number of sulfonamides is 1. The Morgan fingerprint density at radius 1 is 1.37 bits per heavy atom. The average Bonchev–Trinajstić information content (AvgIpc) is 2.27. The second-order valence-corrected chi connectivity index (χ2v) is 6.45. The molecule has 1 heterocycles. The highest BCUT2D eigenvalue weighted by atomic mass is 32.2. The summed E-state index contributed by atoms with van der Waals surface area (Å²) in [6.45, 7) is 2.67. The lowest BCUT2D eigenvalue weighted by Gasteiger charge is -2.28. The second kappa shape index (κ2) is 5.52. The number of rotatable bonds is 3. The number of halogens is 2. The molecule has 0 saturated carbocycles. The van der Waals surface area contributed by atoms with Gasteiger partial charge in [0.1, 0.15) is 16.5 Å². The molecular formula is C12H16F2N2O2S. The molecule has 4 nitrogen and oxygen atoms in total. The van der Waals surface area contributed by atoms with Crippen molar-refractivity contribution in [1.29, 1.82) is 0 Å². The van der Waals surface area contributed by atoms with Crippen LogP contribution >= 0.6 is 0 Å². The lowest BCUT2D eigenvalue weighted by atomic mass is 10.0. The zero-order chi connectivity index (χ0) is 14.0. The Balaban J connectivity index is 2.18. The van der Waals surface area contributed by atoms with Gasteiger partial charge in [-0.3, -0.25) is 0 Å². The van der Waals surface area contributed by atoms with Crippen LogP contribution in [0.1, 0.15) is 19.8 Å². The van der Waals surface area contributed by atoms with Crippen molar-refractivity contribution in [3.8, 4) is 0 Å². The van der Waals surface area contributed by atoms with Gasteiger partial charge in [-0.25, -0.2) is 21.9 Å². The summed E-state index contributed by atoms with van der Waals surface area (Å²) < 4.78 is 52.8. The zero-order valence-corrected chi connectivity index (χ0v) is 11.3. The predicted molar refractivity (Wildman–Crippen MR) is 67.2 cm³/mol. The van der Waals surface area contributed by atoms with E-state index >= 15 is 0 Å². The first kappa shape index (κ1) is 14.4. The third-order valence-corrected chi connectivity index (χ3v) is 4.68. The van der Waals surface area contributed by atoms with Gasteiger partial charge in [-0.05, 0) is 38.4 Å². The highest BCUT2D eigenvalue weighted by molar-refractivity contribution is 7.89. The fourth-order valence-electron chi connectivity index (χ4n) is 2.22. The molecule has 0 aliphatic carbocycles. The third-order valence-electron chi connectivity index (χ3n) is 3.13. The number of nitrogens with one attached hydrogen (secondary N) is 2. The van der Waals surface area contributed by atoms with Gasteiger partial charge in [0.05, 0.1) is 0 Å². The maximum absolute atomic E-state index is 13.5. The van der Waals surface area contributed by atoms with E-state index in [2.05, 4.69) is 10.0 Å². The van der Waals surface area contributed by atoms with Crippen molar-refractivity contribution in [1.82, 2.24) is 10.0 Å². The van der Waals surface area contributed by atoms with E-state index in [4.69, 9.17) is 0 Å². The molecule has 0 aromatic heterocycles. The second-order valence-electron chi connectivity index (χ2n) is 4.77. The molecule has 2 atom stereocenters. The fourth-order valence-corrected chi connectivity index (χ4v) is 3.56. The van der Waals surface area contributed by atoms with Crippen LogP contribution in [0, 0.1) is 11.6 Å². The Kier molecular flexibility index (Phi) is 4.17. The summed E-state index contributed by atoms with van der Waals surface area (Å²) in [4.78, 5) is -0.514. The van der Waals surface area contributed by atoms with Gasteiger partial charge in [0, 0.05) is 18.2 Å². The Morgan fingerprint density at radius 3 is 2.74 bits per heavy atom. The van der Waals surface area contributed by atoms with Crippen molar-refractivity contribution in [2.45, 2.75) is 36.7 Å². The van der Waals surface area contributed by atoms with Crippen LogP contribution in [0.15, 0.2) is 23.1 Å². The molecule has 19 heavy (non-hydrogen) atoms.